The summed E-state index contributed by atoms with van der Waals surface area (Å²) in [5, 5.41) is 14.0. The van der Waals surface area contributed by atoms with E-state index in [1.807, 2.05) is 5.32 Å². The Labute approximate surface area is 91.8 Å². The molecule has 0 aliphatic carbocycles. The first-order valence-corrected chi connectivity index (χ1v) is 4.28. The fourth-order valence-electron chi connectivity index (χ4n) is 1.08. The first kappa shape index (κ1) is 11.0. The number of nitrogens with zero attached hydrogens (tertiary/aromatic N) is 3. The van der Waals surface area contributed by atoms with Crippen LogP contribution in [0.5, 0.6) is 0 Å². The lowest BCUT2D eigenvalue weighted by Gasteiger charge is -2.03. The molecular formula is C8H4F3N5O. The van der Waals surface area contributed by atoms with Gasteiger partial charge in [-0.25, -0.2) is 13.2 Å². The SMILES string of the molecule is O=C(Nc1nn[nH]n1)c1ccc(F)c(F)c1F. The van der Waals surface area contributed by atoms with Crippen LogP contribution in [0.4, 0.5) is 19.1 Å². The molecular weight excluding hydrogens is 239 g/mol. The predicted octanol–water partition coefficient (Wildman–Crippen LogP) is 0.869. The number of H-pyrrole nitrogens is 1. The van der Waals surface area contributed by atoms with Crippen molar-refractivity contribution in [2.75, 3.05) is 5.32 Å². The minimum Gasteiger partial charge on any atom is -0.288 e. The molecule has 0 aliphatic heterocycles. The number of carbonyl (C=O) groups is 1. The highest BCUT2D eigenvalue weighted by Crippen LogP contribution is 2.15. The molecule has 1 aromatic carbocycles. The number of anilines is 1. The second kappa shape index (κ2) is 4.20. The number of halogens is 3. The Morgan fingerprint density at radius 3 is 2.65 bits per heavy atom. The number of aromatic nitrogens is 4. The van der Waals surface area contributed by atoms with E-state index in [4.69, 9.17) is 0 Å². The normalized spacial score (nSPS) is 10.3. The molecule has 0 bridgehead atoms. The number of tetrazole rings is 1. The van der Waals surface area contributed by atoms with E-state index in [0.29, 0.717) is 6.07 Å². The second-order valence-corrected chi connectivity index (χ2v) is 2.91. The highest BCUT2D eigenvalue weighted by atomic mass is 19.2. The zero-order valence-electron chi connectivity index (χ0n) is 8.04. The van der Waals surface area contributed by atoms with E-state index in [2.05, 4.69) is 20.6 Å². The van der Waals surface area contributed by atoms with Crippen molar-refractivity contribution < 1.29 is 18.0 Å². The fourth-order valence-corrected chi connectivity index (χ4v) is 1.08. The first-order valence-electron chi connectivity index (χ1n) is 4.28. The van der Waals surface area contributed by atoms with Gasteiger partial charge in [-0.3, -0.25) is 10.1 Å². The third-order valence-corrected chi connectivity index (χ3v) is 1.85. The van der Waals surface area contributed by atoms with Gasteiger partial charge in [-0.2, -0.15) is 5.21 Å². The summed E-state index contributed by atoms with van der Waals surface area (Å²) in [6.07, 6.45) is 0. The number of benzene rings is 1. The van der Waals surface area contributed by atoms with Crippen molar-refractivity contribution in [2.24, 2.45) is 0 Å². The van der Waals surface area contributed by atoms with Crippen LogP contribution in [0.3, 0.4) is 0 Å². The summed E-state index contributed by atoms with van der Waals surface area (Å²) in [6.45, 7) is 0. The lowest BCUT2D eigenvalue weighted by molar-refractivity contribution is 0.102. The van der Waals surface area contributed by atoms with Crippen LogP contribution in [-0.2, 0) is 0 Å². The van der Waals surface area contributed by atoms with Crippen molar-refractivity contribution in [3.05, 3.63) is 35.1 Å². The van der Waals surface area contributed by atoms with Gasteiger partial charge in [0, 0.05) is 0 Å². The standard InChI is InChI=1S/C8H4F3N5O/c9-4-2-1-3(5(10)6(4)11)7(17)12-8-13-15-16-14-8/h1-2H,(H2,12,13,14,15,16,17). The molecule has 0 aliphatic rings. The fraction of sp³-hybridized carbons (Fsp3) is 0. The third kappa shape index (κ3) is 2.07. The van der Waals surface area contributed by atoms with Crippen LogP contribution in [0.15, 0.2) is 12.1 Å². The topological polar surface area (TPSA) is 83.6 Å². The number of nitrogens with one attached hydrogen (secondary N) is 2. The third-order valence-electron chi connectivity index (χ3n) is 1.85. The van der Waals surface area contributed by atoms with Crippen molar-refractivity contribution in [3.8, 4) is 0 Å². The Balaban J connectivity index is 2.29. The molecule has 1 amide bonds. The Morgan fingerprint density at radius 2 is 2.00 bits per heavy atom. The summed E-state index contributed by atoms with van der Waals surface area (Å²) in [5.41, 5.74) is -0.659. The predicted molar refractivity (Wildman–Crippen MR) is 48.4 cm³/mol. The monoisotopic (exact) mass is 243 g/mol. The van der Waals surface area contributed by atoms with Gasteiger partial charge in [0.1, 0.15) is 0 Å². The summed E-state index contributed by atoms with van der Waals surface area (Å²) in [6, 6.07) is 1.45. The first-order chi connectivity index (χ1) is 8.09. The van der Waals surface area contributed by atoms with Gasteiger partial charge in [-0.15, -0.1) is 5.10 Å². The highest BCUT2D eigenvalue weighted by molar-refractivity contribution is 6.03. The molecule has 0 radical (unpaired) electrons. The van der Waals surface area contributed by atoms with E-state index >= 15 is 0 Å². The van der Waals surface area contributed by atoms with Crippen LogP contribution >= 0.6 is 0 Å². The summed E-state index contributed by atoms with van der Waals surface area (Å²) < 4.78 is 38.7. The molecule has 6 nitrogen and oxygen atoms in total. The average molecular weight is 243 g/mol. The number of hydrogen-bond acceptors (Lipinski definition) is 4. The molecule has 17 heavy (non-hydrogen) atoms. The molecule has 88 valence electrons. The summed E-state index contributed by atoms with van der Waals surface area (Å²) in [4.78, 5) is 11.4. The van der Waals surface area contributed by atoms with E-state index in [-0.39, 0.29) is 5.95 Å². The maximum atomic E-state index is 13.2. The van der Waals surface area contributed by atoms with Gasteiger partial charge in [0.25, 0.3) is 11.9 Å². The van der Waals surface area contributed by atoms with E-state index in [9.17, 15) is 18.0 Å². The van der Waals surface area contributed by atoms with Crippen molar-refractivity contribution in [1.82, 2.24) is 20.6 Å². The summed E-state index contributed by atoms with van der Waals surface area (Å²) in [7, 11) is 0. The molecule has 0 saturated heterocycles. The zero-order valence-corrected chi connectivity index (χ0v) is 8.04. The molecule has 2 aromatic rings. The number of carbonyl (C=O) groups excluding carboxylic acids is 1. The van der Waals surface area contributed by atoms with Gasteiger partial charge in [0.05, 0.1) is 5.56 Å². The van der Waals surface area contributed by atoms with Crippen LogP contribution in [0.25, 0.3) is 0 Å². The zero-order chi connectivity index (χ0) is 12.4. The molecule has 2 N–H and O–H groups in total. The smallest absolute Gasteiger partial charge is 0.270 e. The van der Waals surface area contributed by atoms with Crippen molar-refractivity contribution in [3.63, 3.8) is 0 Å². The van der Waals surface area contributed by atoms with Gasteiger partial charge in [-0.05, 0) is 17.3 Å². The van der Waals surface area contributed by atoms with Crippen molar-refractivity contribution >= 4 is 11.9 Å². The van der Waals surface area contributed by atoms with Crippen LogP contribution in [0.2, 0.25) is 0 Å². The van der Waals surface area contributed by atoms with E-state index in [1.165, 1.54) is 0 Å². The Hall–Kier alpha value is -2.45. The Bertz CT molecular complexity index is 557. The number of aromatic amines is 1. The number of rotatable bonds is 2. The summed E-state index contributed by atoms with van der Waals surface area (Å²) >= 11 is 0. The lowest BCUT2D eigenvalue weighted by atomic mass is 10.2. The quantitative estimate of drug-likeness (QED) is 0.766. The van der Waals surface area contributed by atoms with Gasteiger partial charge in [-0.1, -0.05) is 5.10 Å². The Kier molecular flexibility index (Phi) is 2.73. The van der Waals surface area contributed by atoms with Crippen LogP contribution in [0, 0.1) is 17.5 Å². The molecule has 0 spiro atoms. The molecule has 1 aromatic heterocycles. The average Bonchev–Trinajstić information content (AvgIpc) is 2.78. The van der Waals surface area contributed by atoms with Gasteiger partial charge < -0.3 is 0 Å². The van der Waals surface area contributed by atoms with E-state index in [1.54, 1.807) is 0 Å². The number of amides is 1. The van der Waals surface area contributed by atoms with Crippen LogP contribution in [-0.4, -0.2) is 26.5 Å². The molecule has 1 heterocycles. The molecule has 0 saturated carbocycles. The maximum Gasteiger partial charge on any atom is 0.270 e. The largest absolute Gasteiger partial charge is 0.288 e. The van der Waals surface area contributed by atoms with Crippen molar-refractivity contribution in [2.45, 2.75) is 0 Å². The minimum atomic E-state index is -1.72. The van der Waals surface area contributed by atoms with Gasteiger partial charge in [0.15, 0.2) is 17.5 Å². The second-order valence-electron chi connectivity index (χ2n) is 2.91. The minimum absolute atomic E-state index is 0.209. The number of hydrogen-bond donors (Lipinski definition) is 2. The van der Waals surface area contributed by atoms with Gasteiger partial charge >= 0.3 is 0 Å². The molecule has 2 rings (SSSR count). The van der Waals surface area contributed by atoms with Crippen LogP contribution in [0.1, 0.15) is 10.4 Å². The van der Waals surface area contributed by atoms with Crippen LogP contribution < -0.4 is 5.32 Å². The van der Waals surface area contributed by atoms with Gasteiger partial charge in [0.2, 0.25) is 0 Å². The Morgan fingerprint density at radius 1 is 1.24 bits per heavy atom. The van der Waals surface area contributed by atoms with Crippen molar-refractivity contribution in [1.29, 1.82) is 0 Å². The van der Waals surface area contributed by atoms with E-state index < -0.39 is 28.9 Å². The highest BCUT2D eigenvalue weighted by Gasteiger charge is 2.19. The lowest BCUT2D eigenvalue weighted by Crippen LogP contribution is -2.16. The molecule has 0 unspecified atom stereocenters. The molecule has 0 atom stereocenters. The molecule has 9 heteroatoms. The maximum absolute atomic E-state index is 13.2. The molecule has 0 fully saturated rings. The summed E-state index contributed by atoms with van der Waals surface area (Å²) in [5.74, 6) is -5.89. The van der Waals surface area contributed by atoms with E-state index in [0.717, 1.165) is 6.07 Å².